The number of ether oxygens (including phenoxy) is 1. The van der Waals surface area contributed by atoms with E-state index < -0.39 is 0 Å². The van der Waals surface area contributed by atoms with Crippen molar-refractivity contribution in [3.8, 4) is 11.5 Å². The molecule has 0 saturated heterocycles. The Morgan fingerprint density at radius 3 is 2.77 bits per heavy atom. The van der Waals surface area contributed by atoms with Gasteiger partial charge in [0.2, 0.25) is 0 Å². The molecule has 0 atom stereocenters. The minimum absolute atomic E-state index is 0.104. The highest BCUT2D eigenvalue weighted by Crippen LogP contribution is 2.18. The summed E-state index contributed by atoms with van der Waals surface area (Å²) in [5, 5.41) is 13.3. The first-order valence-corrected chi connectivity index (χ1v) is 6.86. The zero-order valence-corrected chi connectivity index (χ0v) is 12.5. The number of aryl methyl sites for hydroxylation is 2. The summed E-state index contributed by atoms with van der Waals surface area (Å²) in [5.74, 6) is 0.407. The topological polar surface area (TPSA) is 70.9 Å². The Labute approximate surface area is 129 Å². The average Bonchev–Trinajstić information content (AvgIpc) is 2.48. The SMILES string of the molecule is Cc1ccc(OCC(=O)N/N=C/c2ccccc2O)c(C)c1. The summed E-state index contributed by atoms with van der Waals surface area (Å²) in [6.07, 6.45) is 1.38. The van der Waals surface area contributed by atoms with Gasteiger partial charge in [0.15, 0.2) is 6.61 Å². The summed E-state index contributed by atoms with van der Waals surface area (Å²) in [6, 6.07) is 12.5. The molecule has 2 aromatic carbocycles. The van der Waals surface area contributed by atoms with Crippen molar-refractivity contribution < 1.29 is 14.6 Å². The molecule has 1 amide bonds. The molecule has 22 heavy (non-hydrogen) atoms. The molecule has 0 spiro atoms. The fourth-order valence-electron chi connectivity index (χ4n) is 1.91. The van der Waals surface area contributed by atoms with Crippen molar-refractivity contribution in [3.05, 3.63) is 59.2 Å². The summed E-state index contributed by atoms with van der Waals surface area (Å²) in [6.45, 7) is 3.80. The Morgan fingerprint density at radius 2 is 2.05 bits per heavy atom. The standard InChI is InChI=1S/C17H18N2O3/c1-12-7-8-16(13(2)9-12)22-11-17(21)19-18-10-14-5-3-4-6-15(14)20/h3-10,20H,11H2,1-2H3,(H,19,21)/b18-10+. The Hall–Kier alpha value is -2.82. The largest absolute Gasteiger partial charge is 0.507 e. The molecule has 0 aromatic heterocycles. The van der Waals surface area contributed by atoms with Crippen LogP contribution in [0.4, 0.5) is 0 Å². The van der Waals surface area contributed by atoms with E-state index in [1.165, 1.54) is 6.21 Å². The van der Waals surface area contributed by atoms with Gasteiger partial charge in [0, 0.05) is 5.56 Å². The molecule has 114 valence electrons. The number of nitrogens with one attached hydrogen (secondary N) is 1. The van der Waals surface area contributed by atoms with Crippen LogP contribution in [-0.4, -0.2) is 23.8 Å². The van der Waals surface area contributed by atoms with Crippen molar-refractivity contribution in [1.29, 1.82) is 0 Å². The van der Waals surface area contributed by atoms with Gasteiger partial charge >= 0.3 is 0 Å². The summed E-state index contributed by atoms with van der Waals surface area (Å²) in [4.78, 5) is 11.7. The normalized spacial score (nSPS) is 10.6. The maximum Gasteiger partial charge on any atom is 0.277 e. The van der Waals surface area contributed by atoms with E-state index in [0.717, 1.165) is 11.1 Å². The number of amides is 1. The van der Waals surface area contributed by atoms with Crippen LogP contribution in [0.15, 0.2) is 47.6 Å². The third-order valence-corrected chi connectivity index (χ3v) is 3.02. The minimum atomic E-state index is -0.369. The lowest BCUT2D eigenvalue weighted by molar-refractivity contribution is -0.123. The van der Waals surface area contributed by atoms with Gasteiger partial charge in [-0.3, -0.25) is 4.79 Å². The fourth-order valence-corrected chi connectivity index (χ4v) is 1.91. The smallest absolute Gasteiger partial charge is 0.277 e. The number of carbonyl (C=O) groups is 1. The van der Waals surface area contributed by atoms with Crippen LogP contribution in [0.25, 0.3) is 0 Å². The highest BCUT2D eigenvalue weighted by molar-refractivity contribution is 5.85. The van der Waals surface area contributed by atoms with E-state index in [-0.39, 0.29) is 18.3 Å². The molecular weight excluding hydrogens is 280 g/mol. The van der Waals surface area contributed by atoms with Crippen molar-refractivity contribution >= 4 is 12.1 Å². The lowest BCUT2D eigenvalue weighted by atomic mass is 10.1. The Morgan fingerprint density at radius 1 is 1.27 bits per heavy atom. The molecule has 0 unspecified atom stereocenters. The summed E-state index contributed by atoms with van der Waals surface area (Å²) in [5.41, 5.74) is 5.00. The van der Waals surface area contributed by atoms with Crippen LogP contribution in [-0.2, 0) is 4.79 Å². The van der Waals surface area contributed by atoms with Crippen molar-refractivity contribution in [2.75, 3.05) is 6.61 Å². The van der Waals surface area contributed by atoms with Crippen LogP contribution in [0.5, 0.6) is 11.5 Å². The zero-order valence-electron chi connectivity index (χ0n) is 12.5. The Kier molecular flexibility index (Phi) is 5.14. The lowest BCUT2D eigenvalue weighted by Gasteiger charge is -2.08. The van der Waals surface area contributed by atoms with E-state index in [0.29, 0.717) is 11.3 Å². The second-order valence-electron chi connectivity index (χ2n) is 4.91. The number of hydrogen-bond acceptors (Lipinski definition) is 4. The molecule has 0 saturated carbocycles. The van der Waals surface area contributed by atoms with Crippen molar-refractivity contribution in [1.82, 2.24) is 5.43 Å². The second-order valence-corrected chi connectivity index (χ2v) is 4.91. The van der Waals surface area contributed by atoms with Gasteiger partial charge in [-0.15, -0.1) is 0 Å². The molecule has 2 aromatic rings. The number of hydrogen-bond donors (Lipinski definition) is 2. The molecule has 2 rings (SSSR count). The maximum absolute atomic E-state index is 11.7. The predicted octanol–water partition coefficient (Wildman–Crippen LogP) is 2.54. The van der Waals surface area contributed by atoms with E-state index in [2.05, 4.69) is 10.5 Å². The first-order chi connectivity index (χ1) is 10.6. The monoisotopic (exact) mass is 298 g/mol. The Balaban J connectivity index is 1.84. The maximum atomic E-state index is 11.7. The molecule has 0 aliphatic carbocycles. The van der Waals surface area contributed by atoms with Crippen LogP contribution in [0.1, 0.15) is 16.7 Å². The van der Waals surface area contributed by atoms with Gasteiger partial charge < -0.3 is 9.84 Å². The van der Waals surface area contributed by atoms with E-state index in [1.54, 1.807) is 24.3 Å². The lowest BCUT2D eigenvalue weighted by Crippen LogP contribution is -2.24. The molecule has 0 aliphatic heterocycles. The predicted molar refractivity (Wildman–Crippen MR) is 85.3 cm³/mol. The zero-order chi connectivity index (χ0) is 15.9. The van der Waals surface area contributed by atoms with Crippen LogP contribution in [0.3, 0.4) is 0 Å². The van der Waals surface area contributed by atoms with Crippen molar-refractivity contribution in [3.63, 3.8) is 0 Å². The third kappa shape index (κ3) is 4.34. The van der Waals surface area contributed by atoms with Gasteiger partial charge in [0.25, 0.3) is 5.91 Å². The first-order valence-electron chi connectivity index (χ1n) is 6.86. The number of rotatable bonds is 5. The molecule has 0 bridgehead atoms. The van der Waals surface area contributed by atoms with E-state index in [9.17, 15) is 9.90 Å². The average molecular weight is 298 g/mol. The van der Waals surface area contributed by atoms with Crippen LogP contribution in [0.2, 0.25) is 0 Å². The molecule has 5 nitrogen and oxygen atoms in total. The number of para-hydroxylation sites is 1. The second kappa shape index (κ2) is 7.26. The minimum Gasteiger partial charge on any atom is -0.507 e. The number of hydrazone groups is 1. The molecular formula is C17H18N2O3. The Bertz CT molecular complexity index is 696. The van der Waals surface area contributed by atoms with Crippen LogP contribution in [0, 0.1) is 13.8 Å². The number of phenolic OH excluding ortho intramolecular Hbond substituents is 1. The van der Waals surface area contributed by atoms with Crippen LogP contribution < -0.4 is 10.2 Å². The highest BCUT2D eigenvalue weighted by Gasteiger charge is 2.04. The number of aromatic hydroxyl groups is 1. The number of nitrogens with zero attached hydrogens (tertiary/aromatic N) is 1. The molecule has 2 N–H and O–H groups in total. The van der Waals surface area contributed by atoms with Gasteiger partial charge in [-0.05, 0) is 37.6 Å². The van der Waals surface area contributed by atoms with E-state index in [4.69, 9.17) is 4.74 Å². The van der Waals surface area contributed by atoms with Crippen molar-refractivity contribution in [2.45, 2.75) is 13.8 Å². The van der Waals surface area contributed by atoms with Gasteiger partial charge in [0.05, 0.1) is 6.21 Å². The molecule has 5 heteroatoms. The number of benzene rings is 2. The van der Waals surface area contributed by atoms with Crippen LogP contribution >= 0.6 is 0 Å². The molecule has 0 radical (unpaired) electrons. The van der Waals surface area contributed by atoms with Gasteiger partial charge in [-0.1, -0.05) is 29.8 Å². The quantitative estimate of drug-likeness (QED) is 0.658. The fraction of sp³-hybridized carbons (Fsp3) is 0.176. The molecule has 0 aliphatic rings. The van der Waals surface area contributed by atoms with Gasteiger partial charge in [-0.25, -0.2) is 5.43 Å². The summed E-state index contributed by atoms with van der Waals surface area (Å²) >= 11 is 0. The van der Waals surface area contributed by atoms with E-state index >= 15 is 0 Å². The highest BCUT2D eigenvalue weighted by atomic mass is 16.5. The van der Waals surface area contributed by atoms with Crippen molar-refractivity contribution in [2.24, 2.45) is 5.10 Å². The summed E-state index contributed by atoms with van der Waals surface area (Å²) in [7, 11) is 0. The first kappa shape index (κ1) is 15.6. The number of carbonyl (C=O) groups excluding carboxylic acids is 1. The number of phenols is 1. The molecule has 0 heterocycles. The third-order valence-electron chi connectivity index (χ3n) is 3.02. The van der Waals surface area contributed by atoms with Gasteiger partial charge in [0.1, 0.15) is 11.5 Å². The summed E-state index contributed by atoms with van der Waals surface area (Å²) < 4.78 is 5.44. The van der Waals surface area contributed by atoms with E-state index in [1.807, 2.05) is 32.0 Å². The molecule has 0 fully saturated rings. The van der Waals surface area contributed by atoms with Gasteiger partial charge in [-0.2, -0.15) is 5.10 Å².